The first-order valence-corrected chi connectivity index (χ1v) is 5.55. The highest BCUT2D eigenvalue weighted by atomic mass is 16.6. The quantitative estimate of drug-likeness (QED) is 0.822. The first-order chi connectivity index (χ1) is 7.83. The Bertz CT molecular complexity index is 379. The van der Waals surface area contributed by atoms with Crippen LogP contribution in [0.4, 0.5) is 10.5 Å². The van der Waals surface area contributed by atoms with Crippen LogP contribution in [-0.2, 0) is 11.2 Å². The molecule has 0 aliphatic carbocycles. The van der Waals surface area contributed by atoms with E-state index in [9.17, 15) is 4.79 Å². The van der Waals surface area contributed by atoms with Gasteiger partial charge in [-0.2, -0.15) is 0 Å². The van der Waals surface area contributed by atoms with Gasteiger partial charge in [-0.05, 0) is 24.5 Å². The first kappa shape index (κ1) is 11.0. The van der Waals surface area contributed by atoms with Gasteiger partial charge in [-0.3, -0.25) is 4.90 Å². The Labute approximate surface area is 95.0 Å². The smallest absolute Gasteiger partial charge is 0.414 e. The molecule has 1 heterocycles. The van der Waals surface area contributed by atoms with Crippen molar-refractivity contribution in [1.82, 2.24) is 0 Å². The number of carbonyl (C=O) groups is 1. The highest BCUT2D eigenvalue weighted by Gasteiger charge is 2.22. The second-order valence-corrected chi connectivity index (χ2v) is 3.79. The molecule has 0 bridgehead atoms. The van der Waals surface area contributed by atoms with Gasteiger partial charge in [0.1, 0.15) is 6.61 Å². The number of fused-ring (bicyclic) bond motifs is 1. The number of benzene rings is 1. The maximum Gasteiger partial charge on any atom is 0.414 e. The van der Waals surface area contributed by atoms with Gasteiger partial charge in [-0.1, -0.05) is 18.2 Å². The number of nitrogens with two attached hydrogens (primary N) is 1. The summed E-state index contributed by atoms with van der Waals surface area (Å²) in [5.74, 6) is 0. The summed E-state index contributed by atoms with van der Waals surface area (Å²) >= 11 is 0. The molecule has 1 aliphatic heterocycles. The number of para-hydroxylation sites is 1. The third-order valence-electron chi connectivity index (χ3n) is 2.67. The van der Waals surface area contributed by atoms with Crippen molar-refractivity contribution in [3.8, 4) is 0 Å². The Morgan fingerprint density at radius 1 is 1.44 bits per heavy atom. The van der Waals surface area contributed by atoms with Crippen LogP contribution in [0.1, 0.15) is 12.0 Å². The molecule has 2 N–H and O–H groups in total. The van der Waals surface area contributed by atoms with Gasteiger partial charge in [0.2, 0.25) is 0 Å². The van der Waals surface area contributed by atoms with E-state index in [1.807, 2.05) is 18.2 Å². The van der Waals surface area contributed by atoms with Crippen LogP contribution in [0, 0.1) is 0 Å². The summed E-state index contributed by atoms with van der Waals surface area (Å²) in [6, 6.07) is 7.94. The van der Waals surface area contributed by atoms with E-state index in [1.54, 1.807) is 4.90 Å². The standard InChI is InChI=1S/C12H16N2O2/c13-7-9-16-12(15)14-8-3-5-10-4-1-2-6-11(10)14/h1-2,4,6H,3,5,7-9,13H2. The number of aryl methyl sites for hydroxylation is 1. The Morgan fingerprint density at radius 2 is 2.25 bits per heavy atom. The zero-order valence-corrected chi connectivity index (χ0v) is 9.19. The lowest BCUT2D eigenvalue weighted by molar-refractivity contribution is 0.156. The van der Waals surface area contributed by atoms with Crippen LogP contribution in [0.5, 0.6) is 0 Å². The third kappa shape index (κ3) is 2.17. The fourth-order valence-corrected chi connectivity index (χ4v) is 1.95. The van der Waals surface area contributed by atoms with E-state index in [0.29, 0.717) is 6.54 Å². The molecule has 4 heteroatoms. The zero-order chi connectivity index (χ0) is 11.4. The second-order valence-electron chi connectivity index (χ2n) is 3.79. The van der Waals surface area contributed by atoms with Crippen LogP contribution >= 0.6 is 0 Å². The third-order valence-corrected chi connectivity index (χ3v) is 2.67. The predicted molar refractivity (Wildman–Crippen MR) is 62.5 cm³/mol. The number of hydrogen-bond donors (Lipinski definition) is 1. The molecule has 4 nitrogen and oxygen atoms in total. The summed E-state index contributed by atoms with van der Waals surface area (Å²) in [5.41, 5.74) is 7.48. The van der Waals surface area contributed by atoms with Gasteiger partial charge in [0.25, 0.3) is 0 Å². The number of ether oxygens (including phenoxy) is 1. The Balaban J connectivity index is 2.15. The minimum absolute atomic E-state index is 0.275. The van der Waals surface area contributed by atoms with Gasteiger partial charge >= 0.3 is 6.09 Å². The molecule has 1 aromatic carbocycles. The van der Waals surface area contributed by atoms with Crippen LogP contribution in [0.15, 0.2) is 24.3 Å². The molecule has 0 atom stereocenters. The number of rotatable bonds is 2. The van der Waals surface area contributed by atoms with Crippen molar-refractivity contribution in [2.24, 2.45) is 5.73 Å². The van der Waals surface area contributed by atoms with E-state index in [4.69, 9.17) is 10.5 Å². The van der Waals surface area contributed by atoms with Gasteiger partial charge in [0, 0.05) is 13.1 Å². The summed E-state index contributed by atoms with van der Waals surface area (Å²) in [6.45, 7) is 1.36. The fourth-order valence-electron chi connectivity index (χ4n) is 1.95. The van der Waals surface area contributed by atoms with Gasteiger partial charge in [0.05, 0.1) is 5.69 Å². The maximum atomic E-state index is 11.8. The number of anilines is 1. The highest BCUT2D eigenvalue weighted by Crippen LogP contribution is 2.26. The van der Waals surface area contributed by atoms with E-state index in [0.717, 1.165) is 25.1 Å². The lowest BCUT2D eigenvalue weighted by Gasteiger charge is -2.28. The second kappa shape index (κ2) is 4.99. The average Bonchev–Trinajstić information content (AvgIpc) is 2.35. The van der Waals surface area contributed by atoms with Gasteiger partial charge in [0.15, 0.2) is 0 Å². The topological polar surface area (TPSA) is 55.6 Å². The van der Waals surface area contributed by atoms with Crippen LogP contribution in [-0.4, -0.2) is 25.8 Å². The molecule has 0 aromatic heterocycles. The molecule has 0 saturated carbocycles. The SMILES string of the molecule is NCCOC(=O)N1CCCc2ccccc21. The molecular weight excluding hydrogens is 204 g/mol. The number of hydrogen-bond acceptors (Lipinski definition) is 3. The molecule has 0 spiro atoms. The highest BCUT2D eigenvalue weighted by molar-refractivity contribution is 5.89. The van der Waals surface area contributed by atoms with Crippen molar-refractivity contribution >= 4 is 11.8 Å². The van der Waals surface area contributed by atoms with Crippen molar-refractivity contribution in [1.29, 1.82) is 0 Å². The van der Waals surface area contributed by atoms with E-state index < -0.39 is 0 Å². The van der Waals surface area contributed by atoms with Crippen molar-refractivity contribution in [2.45, 2.75) is 12.8 Å². The Hall–Kier alpha value is -1.55. The van der Waals surface area contributed by atoms with Gasteiger partial charge < -0.3 is 10.5 Å². The van der Waals surface area contributed by atoms with Crippen LogP contribution in [0.3, 0.4) is 0 Å². The van der Waals surface area contributed by atoms with E-state index >= 15 is 0 Å². The summed E-state index contributed by atoms with van der Waals surface area (Å²) in [5, 5.41) is 0. The Kier molecular flexibility index (Phi) is 3.41. The van der Waals surface area contributed by atoms with Crippen molar-refractivity contribution in [3.63, 3.8) is 0 Å². The normalized spacial score (nSPS) is 14.4. The molecule has 1 amide bonds. The zero-order valence-electron chi connectivity index (χ0n) is 9.19. The lowest BCUT2D eigenvalue weighted by atomic mass is 10.0. The minimum atomic E-state index is -0.294. The monoisotopic (exact) mass is 220 g/mol. The molecule has 16 heavy (non-hydrogen) atoms. The summed E-state index contributed by atoms with van der Waals surface area (Å²) in [4.78, 5) is 13.5. The molecule has 0 unspecified atom stereocenters. The minimum Gasteiger partial charge on any atom is -0.448 e. The van der Waals surface area contributed by atoms with Gasteiger partial charge in [-0.25, -0.2) is 4.79 Å². The molecule has 1 aromatic rings. The van der Waals surface area contributed by atoms with E-state index in [2.05, 4.69) is 6.07 Å². The molecule has 2 rings (SSSR count). The average molecular weight is 220 g/mol. The van der Waals surface area contributed by atoms with Crippen LogP contribution in [0.2, 0.25) is 0 Å². The largest absolute Gasteiger partial charge is 0.448 e. The summed E-state index contributed by atoms with van der Waals surface area (Å²) in [7, 11) is 0. The molecule has 86 valence electrons. The van der Waals surface area contributed by atoms with Crippen molar-refractivity contribution in [3.05, 3.63) is 29.8 Å². The number of carbonyl (C=O) groups excluding carboxylic acids is 1. The van der Waals surface area contributed by atoms with E-state index in [1.165, 1.54) is 5.56 Å². The molecule has 0 fully saturated rings. The number of nitrogens with zero attached hydrogens (tertiary/aromatic N) is 1. The van der Waals surface area contributed by atoms with Crippen LogP contribution in [0.25, 0.3) is 0 Å². The molecule has 0 radical (unpaired) electrons. The Morgan fingerprint density at radius 3 is 3.06 bits per heavy atom. The molecule has 1 aliphatic rings. The predicted octanol–water partition coefficient (Wildman–Crippen LogP) is 1.53. The summed E-state index contributed by atoms with van der Waals surface area (Å²) < 4.78 is 5.05. The number of amides is 1. The lowest BCUT2D eigenvalue weighted by Crippen LogP contribution is -2.36. The molecule has 0 saturated heterocycles. The van der Waals surface area contributed by atoms with E-state index in [-0.39, 0.29) is 12.7 Å². The van der Waals surface area contributed by atoms with Crippen molar-refractivity contribution < 1.29 is 9.53 Å². The molecular formula is C12H16N2O2. The summed E-state index contributed by atoms with van der Waals surface area (Å²) in [6.07, 6.45) is 1.71. The maximum absolute atomic E-state index is 11.8. The fraction of sp³-hybridized carbons (Fsp3) is 0.417. The van der Waals surface area contributed by atoms with Gasteiger partial charge in [-0.15, -0.1) is 0 Å². The van der Waals surface area contributed by atoms with Crippen molar-refractivity contribution in [2.75, 3.05) is 24.6 Å². The van der Waals surface area contributed by atoms with Crippen LogP contribution < -0.4 is 10.6 Å². The first-order valence-electron chi connectivity index (χ1n) is 5.55.